The van der Waals surface area contributed by atoms with Crippen molar-refractivity contribution < 1.29 is 20.1 Å². The molecule has 1 amide bonds. The molecule has 96 valence electrons. The van der Waals surface area contributed by atoms with E-state index < -0.39 is 30.8 Å². The third-order valence-electron chi connectivity index (χ3n) is 3.07. The summed E-state index contributed by atoms with van der Waals surface area (Å²) in [6, 6.07) is 0. The van der Waals surface area contributed by atoms with Crippen LogP contribution in [0.2, 0.25) is 0 Å². The van der Waals surface area contributed by atoms with E-state index in [0.29, 0.717) is 6.42 Å². The molecule has 0 saturated carbocycles. The second kappa shape index (κ2) is 6.15. The molecule has 0 rings (SSSR count). The highest BCUT2D eigenvalue weighted by molar-refractivity contribution is 5.83. The molecular formula is C10H22N2O4. The molecule has 0 bridgehead atoms. The number of nitrogens with one attached hydrogen (secondary N) is 1. The highest BCUT2D eigenvalue weighted by atomic mass is 16.3. The monoisotopic (exact) mass is 234 g/mol. The quantitative estimate of drug-likeness (QED) is 0.356. The van der Waals surface area contributed by atoms with Gasteiger partial charge in [-0.3, -0.25) is 4.79 Å². The van der Waals surface area contributed by atoms with Crippen LogP contribution < -0.4 is 11.1 Å². The van der Waals surface area contributed by atoms with Gasteiger partial charge in [-0.05, 0) is 13.3 Å². The molecule has 16 heavy (non-hydrogen) atoms. The molecule has 6 nitrogen and oxygen atoms in total. The Balaban J connectivity index is 4.76. The Bertz CT molecular complexity index is 217. The molecule has 1 unspecified atom stereocenters. The van der Waals surface area contributed by atoms with Crippen molar-refractivity contribution in [3.63, 3.8) is 0 Å². The van der Waals surface area contributed by atoms with E-state index in [9.17, 15) is 4.79 Å². The Morgan fingerprint density at radius 2 is 1.69 bits per heavy atom. The average molecular weight is 234 g/mol. The largest absolute Gasteiger partial charge is 0.394 e. The van der Waals surface area contributed by atoms with E-state index in [1.54, 1.807) is 6.92 Å². The maximum Gasteiger partial charge on any atom is 0.227 e. The van der Waals surface area contributed by atoms with Gasteiger partial charge in [-0.1, -0.05) is 6.92 Å². The minimum Gasteiger partial charge on any atom is -0.394 e. The van der Waals surface area contributed by atoms with Crippen molar-refractivity contribution in [3.05, 3.63) is 0 Å². The highest BCUT2D eigenvalue weighted by Crippen LogP contribution is 2.20. The Labute approximate surface area is 95.5 Å². The predicted molar refractivity (Wildman–Crippen MR) is 59.6 cm³/mol. The fourth-order valence-electron chi connectivity index (χ4n) is 1.06. The van der Waals surface area contributed by atoms with Gasteiger partial charge in [0, 0.05) is 6.54 Å². The lowest BCUT2D eigenvalue weighted by Gasteiger charge is -2.34. The van der Waals surface area contributed by atoms with Crippen molar-refractivity contribution in [2.45, 2.75) is 25.8 Å². The van der Waals surface area contributed by atoms with Crippen molar-refractivity contribution in [1.29, 1.82) is 0 Å². The van der Waals surface area contributed by atoms with E-state index in [2.05, 4.69) is 5.32 Å². The number of nitrogens with two attached hydrogens (primary N) is 1. The molecular weight excluding hydrogens is 212 g/mol. The summed E-state index contributed by atoms with van der Waals surface area (Å²) in [5.74, 6) is -0.380. The average Bonchev–Trinajstić information content (AvgIpc) is 2.34. The third-order valence-corrected chi connectivity index (χ3v) is 3.07. The maximum absolute atomic E-state index is 11.9. The van der Waals surface area contributed by atoms with Gasteiger partial charge in [0.1, 0.15) is 5.54 Å². The second-order valence-electron chi connectivity index (χ2n) is 4.33. The van der Waals surface area contributed by atoms with E-state index >= 15 is 0 Å². The van der Waals surface area contributed by atoms with E-state index in [4.69, 9.17) is 21.1 Å². The Hall–Kier alpha value is -0.690. The molecule has 0 fully saturated rings. The van der Waals surface area contributed by atoms with Crippen molar-refractivity contribution >= 4 is 5.91 Å². The number of aliphatic hydroxyl groups excluding tert-OH is 3. The standard InChI is InChI=1S/C10H22N2O4/c1-3-9(2,4-11)8(16)12-10(5-13,6-14)7-15/h13-15H,3-7,11H2,1-2H3,(H,12,16). The summed E-state index contributed by atoms with van der Waals surface area (Å²) in [7, 11) is 0. The molecule has 0 heterocycles. The summed E-state index contributed by atoms with van der Waals surface area (Å²) < 4.78 is 0. The molecule has 0 aliphatic heterocycles. The van der Waals surface area contributed by atoms with E-state index in [1.807, 2.05) is 6.92 Å². The number of aliphatic hydroxyl groups is 3. The van der Waals surface area contributed by atoms with Gasteiger partial charge in [0.2, 0.25) is 5.91 Å². The highest BCUT2D eigenvalue weighted by Gasteiger charge is 2.37. The molecule has 0 aromatic rings. The molecule has 0 aliphatic carbocycles. The van der Waals surface area contributed by atoms with Crippen LogP contribution in [0.15, 0.2) is 0 Å². The molecule has 0 aromatic heterocycles. The van der Waals surface area contributed by atoms with Gasteiger partial charge in [0.05, 0.1) is 25.2 Å². The smallest absolute Gasteiger partial charge is 0.227 e. The fourth-order valence-corrected chi connectivity index (χ4v) is 1.06. The fraction of sp³-hybridized carbons (Fsp3) is 0.900. The SMILES string of the molecule is CCC(C)(CN)C(=O)NC(CO)(CO)CO. The van der Waals surface area contributed by atoms with Crippen LogP contribution in [0.1, 0.15) is 20.3 Å². The summed E-state index contributed by atoms with van der Waals surface area (Å²) in [6.07, 6.45) is 0.535. The first-order valence-electron chi connectivity index (χ1n) is 5.29. The van der Waals surface area contributed by atoms with Crippen molar-refractivity contribution in [2.24, 2.45) is 11.1 Å². The van der Waals surface area contributed by atoms with Gasteiger partial charge < -0.3 is 26.4 Å². The van der Waals surface area contributed by atoms with Gasteiger partial charge in [0.15, 0.2) is 0 Å². The third kappa shape index (κ3) is 3.15. The number of amides is 1. The van der Waals surface area contributed by atoms with Crippen LogP contribution in [-0.4, -0.2) is 53.1 Å². The molecule has 0 aromatic carbocycles. The van der Waals surface area contributed by atoms with Crippen LogP contribution in [0.3, 0.4) is 0 Å². The van der Waals surface area contributed by atoms with Gasteiger partial charge in [-0.25, -0.2) is 0 Å². The lowest BCUT2D eigenvalue weighted by atomic mass is 9.85. The first kappa shape index (κ1) is 15.3. The maximum atomic E-state index is 11.9. The van der Waals surface area contributed by atoms with E-state index in [-0.39, 0.29) is 12.5 Å². The molecule has 6 heteroatoms. The van der Waals surface area contributed by atoms with E-state index in [1.165, 1.54) is 0 Å². The number of hydrogen-bond donors (Lipinski definition) is 5. The van der Waals surface area contributed by atoms with Gasteiger partial charge in [0.25, 0.3) is 0 Å². The lowest BCUT2D eigenvalue weighted by molar-refractivity contribution is -0.134. The van der Waals surface area contributed by atoms with Crippen LogP contribution in [0, 0.1) is 5.41 Å². The summed E-state index contributed by atoms with van der Waals surface area (Å²) in [5, 5.41) is 29.7. The minimum atomic E-state index is -1.39. The zero-order valence-electron chi connectivity index (χ0n) is 9.86. The molecule has 6 N–H and O–H groups in total. The zero-order chi connectivity index (χ0) is 12.8. The van der Waals surface area contributed by atoms with Gasteiger partial charge in [-0.15, -0.1) is 0 Å². The molecule has 0 aliphatic rings. The Morgan fingerprint density at radius 1 is 1.25 bits per heavy atom. The first-order valence-corrected chi connectivity index (χ1v) is 5.29. The molecule has 0 spiro atoms. The van der Waals surface area contributed by atoms with Crippen molar-refractivity contribution in [1.82, 2.24) is 5.32 Å². The number of rotatable bonds is 7. The zero-order valence-corrected chi connectivity index (χ0v) is 9.86. The summed E-state index contributed by atoms with van der Waals surface area (Å²) in [6.45, 7) is 2.08. The summed E-state index contributed by atoms with van der Waals surface area (Å²) in [4.78, 5) is 11.9. The van der Waals surface area contributed by atoms with Crippen LogP contribution in [0.4, 0.5) is 0 Å². The van der Waals surface area contributed by atoms with Crippen LogP contribution in [0.25, 0.3) is 0 Å². The first-order chi connectivity index (χ1) is 7.43. The normalized spacial score (nSPS) is 15.6. The summed E-state index contributed by atoms with van der Waals surface area (Å²) >= 11 is 0. The van der Waals surface area contributed by atoms with E-state index in [0.717, 1.165) is 0 Å². The lowest BCUT2D eigenvalue weighted by Crippen LogP contribution is -2.60. The minimum absolute atomic E-state index is 0.160. The topological polar surface area (TPSA) is 116 Å². The van der Waals surface area contributed by atoms with Crippen molar-refractivity contribution in [3.8, 4) is 0 Å². The molecule has 0 saturated heterocycles. The van der Waals surface area contributed by atoms with Gasteiger partial charge >= 0.3 is 0 Å². The predicted octanol–water partition coefficient (Wildman–Crippen LogP) is -1.81. The number of carbonyl (C=O) groups is 1. The molecule has 1 atom stereocenters. The van der Waals surface area contributed by atoms with Gasteiger partial charge in [-0.2, -0.15) is 0 Å². The van der Waals surface area contributed by atoms with Crippen molar-refractivity contribution in [2.75, 3.05) is 26.4 Å². The number of hydrogen-bond acceptors (Lipinski definition) is 5. The van der Waals surface area contributed by atoms with Crippen LogP contribution in [-0.2, 0) is 4.79 Å². The number of carbonyl (C=O) groups excluding carboxylic acids is 1. The van der Waals surface area contributed by atoms with Crippen LogP contribution >= 0.6 is 0 Å². The Morgan fingerprint density at radius 3 is 1.94 bits per heavy atom. The molecule has 0 radical (unpaired) electrons. The van der Waals surface area contributed by atoms with Crippen LogP contribution in [0.5, 0.6) is 0 Å². The Kier molecular flexibility index (Phi) is 5.88. The summed E-state index contributed by atoms with van der Waals surface area (Å²) in [5.41, 5.74) is 3.37. The second-order valence-corrected chi connectivity index (χ2v) is 4.33.